The summed E-state index contributed by atoms with van der Waals surface area (Å²) in [4.78, 5) is 16.8. The Kier molecular flexibility index (Phi) is 3.87. The van der Waals surface area contributed by atoms with E-state index in [1.54, 1.807) is 6.07 Å². The van der Waals surface area contributed by atoms with Gasteiger partial charge in [0, 0.05) is 21.5 Å². The highest BCUT2D eigenvalue weighted by Gasteiger charge is 2.66. The fourth-order valence-electron chi connectivity index (χ4n) is 2.88. The Balaban J connectivity index is 1.71. The number of hydrogen-bond acceptors (Lipinski definition) is 4. The molecule has 1 saturated heterocycles. The molecule has 4 rings (SSSR count). The van der Waals surface area contributed by atoms with Crippen LogP contribution >= 0.6 is 22.9 Å². The average Bonchev–Trinajstić information content (AvgIpc) is 3.16. The molecule has 1 aromatic heterocycles. The monoisotopic (exact) mass is 370 g/mol. The van der Waals surface area contributed by atoms with Crippen LogP contribution < -0.4 is 5.73 Å². The molecule has 1 amide bonds. The number of amides is 1. The molecule has 1 fully saturated rings. The molecule has 6 heteroatoms. The minimum absolute atomic E-state index is 0.504. The van der Waals surface area contributed by atoms with E-state index in [0.29, 0.717) is 10.0 Å². The molecule has 0 aliphatic carbocycles. The first-order chi connectivity index (χ1) is 12.0. The minimum atomic E-state index is -1.24. The number of ether oxygens (including phenoxy) is 1. The number of rotatable bonds is 4. The van der Waals surface area contributed by atoms with Crippen molar-refractivity contribution in [3.05, 3.63) is 75.1 Å². The largest absolute Gasteiger partial charge is 0.367 e. The quantitative estimate of drug-likeness (QED) is 0.699. The molecule has 4 nitrogen and oxygen atoms in total. The van der Waals surface area contributed by atoms with Crippen molar-refractivity contribution in [1.82, 2.24) is 4.98 Å². The lowest BCUT2D eigenvalue weighted by Gasteiger charge is -2.06. The number of primary amides is 1. The lowest BCUT2D eigenvalue weighted by molar-refractivity contribution is -0.123. The lowest BCUT2D eigenvalue weighted by Crippen LogP contribution is -2.30. The molecular formula is C19H15ClN2O2S. The number of halogens is 1. The van der Waals surface area contributed by atoms with Gasteiger partial charge in [0.2, 0.25) is 5.60 Å². The van der Waals surface area contributed by atoms with Gasteiger partial charge in [-0.15, -0.1) is 11.3 Å². The fraction of sp³-hybridized carbons (Fsp3) is 0.158. The summed E-state index contributed by atoms with van der Waals surface area (Å²) < 4.78 is 5.78. The van der Waals surface area contributed by atoms with Gasteiger partial charge in [0.25, 0.3) is 5.91 Å². The van der Waals surface area contributed by atoms with E-state index >= 15 is 0 Å². The van der Waals surface area contributed by atoms with Gasteiger partial charge in [-0.1, -0.05) is 59.6 Å². The Bertz CT molecular complexity index is 954. The summed E-state index contributed by atoms with van der Waals surface area (Å²) in [6, 6.07) is 15.4. The molecule has 3 aromatic rings. The van der Waals surface area contributed by atoms with Gasteiger partial charge < -0.3 is 10.5 Å². The summed E-state index contributed by atoms with van der Waals surface area (Å²) in [5.74, 6) is -0.553. The van der Waals surface area contributed by atoms with Crippen LogP contribution in [0.15, 0.2) is 53.9 Å². The zero-order valence-corrected chi connectivity index (χ0v) is 15.0. The standard InChI is InChI=1S/C19H15ClN2O2S/c1-11-6-8-12(9-7-11)15-10-25-18(22-15)19(17(21)23)16(24-19)13-4-2-3-5-14(13)20/h2-10,16H,1H3,(H2,21,23)/t16-,19-/m0/s1. The normalized spacial score (nSPS) is 21.9. The summed E-state index contributed by atoms with van der Waals surface area (Å²) in [6.45, 7) is 2.03. The van der Waals surface area contributed by atoms with E-state index in [-0.39, 0.29) is 0 Å². The molecule has 0 unspecified atom stereocenters. The summed E-state index contributed by atoms with van der Waals surface area (Å²) in [5.41, 5.74) is 8.14. The maximum atomic E-state index is 12.2. The molecule has 2 atom stereocenters. The van der Waals surface area contributed by atoms with Crippen molar-refractivity contribution in [3.63, 3.8) is 0 Å². The van der Waals surface area contributed by atoms with Gasteiger partial charge in [-0.3, -0.25) is 4.79 Å². The van der Waals surface area contributed by atoms with E-state index < -0.39 is 17.6 Å². The van der Waals surface area contributed by atoms with Crippen LogP contribution in [0.5, 0.6) is 0 Å². The zero-order chi connectivity index (χ0) is 17.6. The highest BCUT2D eigenvalue weighted by molar-refractivity contribution is 7.10. The van der Waals surface area contributed by atoms with Crippen LogP contribution in [-0.2, 0) is 15.1 Å². The van der Waals surface area contributed by atoms with Gasteiger partial charge >= 0.3 is 0 Å². The zero-order valence-electron chi connectivity index (χ0n) is 13.4. The number of benzene rings is 2. The highest BCUT2D eigenvalue weighted by atomic mass is 35.5. The van der Waals surface area contributed by atoms with E-state index in [2.05, 4.69) is 4.98 Å². The van der Waals surface area contributed by atoms with Crippen LogP contribution in [0.4, 0.5) is 0 Å². The van der Waals surface area contributed by atoms with E-state index in [1.807, 2.05) is 54.8 Å². The van der Waals surface area contributed by atoms with Crippen molar-refractivity contribution in [2.45, 2.75) is 18.6 Å². The third-order valence-electron chi connectivity index (χ3n) is 4.34. The van der Waals surface area contributed by atoms with E-state index in [4.69, 9.17) is 22.1 Å². The van der Waals surface area contributed by atoms with Gasteiger partial charge in [0.05, 0.1) is 5.69 Å². The molecule has 0 spiro atoms. The van der Waals surface area contributed by atoms with Crippen LogP contribution in [0.1, 0.15) is 22.2 Å². The first-order valence-corrected chi connectivity index (χ1v) is 9.03. The predicted octanol–water partition coefficient (Wildman–Crippen LogP) is 4.22. The smallest absolute Gasteiger partial charge is 0.260 e. The van der Waals surface area contributed by atoms with Crippen LogP contribution in [0.2, 0.25) is 5.02 Å². The maximum absolute atomic E-state index is 12.2. The maximum Gasteiger partial charge on any atom is 0.260 e. The highest BCUT2D eigenvalue weighted by Crippen LogP contribution is 2.58. The van der Waals surface area contributed by atoms with Crippen LogP contribution in [0.25, 0.3) is 11.3 Å². The minimum Gasteiger partial charge on any atom is -0.367 e. The number of nitrogens with two attached hydrogens (primary N) is 1. The van der Waals surface area contributed by atoms with Gasteiger partial charge in [0.15, 0.2) is 0 Å². The third-order valence-corrected chi connectivity index (χ3v) is 5.64. The average molecular weight is 371 g/mol. The summed E-state index contributed by atoms with van der Waals surface area (Å²) >= 11 is 7.62. The van der Waals surface area contributed by atoms with Crippen LogP contribution in [-0.4, -0.2) is 10.9 Å². The lowest BCUT2D eigenvalue weighted by atomic mass is 9.99. The molecule has 25 heavy (non-hydrogen) atoms. The Morgan fingerprint density at radius 2 is 1.96 bits per heavy atom. The molecule has 0 radical (unpaired) electrons. The number of aryl methyl sites for hydroxylation is 1. The number of aromatic nitrogens is 1. The Labute approximate surface area is 154 Å². The molecule has 0 saturated carbocycles. The van der Waals surface area contributed by atoms with E-state index in [0.717, 1.165) is 16.8 Å². The second-order valence-corrected chi connectivity index (χ2v) is 7.29. The Morgan fingerprint density at radius 3 is 2.64 bits per heavy atom. The Hall–Kier alpha value is -2.21. The molecule has 2 heterocycles. The number of carbonyl (C=O) groups is 1. The molecular weight excluding hydrogens is 356 g/mol. The number of nitrogens with zero attached hydrogens (tertiary/aromatic N) is 1. The molecule has 1 aliphatic heterocycles. The van der Waals surface area contributed by atoms with Gasteiger partial charge in [-0.2, -0.15) is 0 Å². The summed E-state index contributed by atoms with van der Waals surface area (Å²) in [6.07, 6.45) is -0.504. The van der Waals surface area contributed by atoms with Crippen molar-refractivity contribution in [2.24, 2.45) is 5.73 Å². The second-order valence-electron chi connectivity index (χ2n) is 6.02. The first kappa shape index (κ1) is 16.3. The molecule has 1 aliphatic rings. The predicted molar refractivity (Wildman–Crippen MR) is 98.4 cm³/mol. The van der Waals surface area contributed by atoms with Crippen LogP contribution in [0, 0.1) is 6.92 Å². The van der Waals surface area contributed by atoms with E-state index in [9.17, 15) is 4.79 Å². The number of carbonyl (C=O) groups excluding carboxylic acids is 1. The topological polar surface area (TPSA) is 68.5 Å². The molecule has 126 valence electrons. The van der Waals surface area contributed by atoms with Crippen molar-refractivity contribution >= 4 is 28.8 Å². The first-order valence-electron chi connectivity index (χ1n) is 7.77. The van der Waals surface area contributed by atoms with Crippen LogP contribution in [0.3, 0.4) is 0 Å². The van der Waals surface area contributed by atoms with Crippen molar-refractivity contribution in [3.8, 4) is 11.3 Å². The summed E-state index contributed by atoms with van der Waals surface area (Å²) in [7, 11) is 0. The van der Waals surface area contributed by atoms with Gasteiger partial charge in [-0.05, 0) is 13.0 Å². The summed E-state index contributed by atoms with van der Waals surface area (Å²) in [5, 5.41) is 3.02. The molecule has 2 N–H and O–H groups in total. The number of epoxide rings is 1. The van der Waals surface area contributed by atoms with Gasteiger partial charge in [-0.25, -0.2) is 4.98 Å². The van der Waals surface area contributed by atoms with Crippen molar-refractivity contribution in [2.75, 3.05) is 0 Å². The molecule has 0 bridgehead atoms. The number of hydrogen-bond donors (Lipinski definition) is 1. The van der Waals surface area contributed by atoms with E-state index in [1.165, 1.54) is 16.9 Å². The molecule has 2 aromatic carbocycles. The SMILES string of the molecule is Cc1ccc(-c2csc([C@]3(C(N)=O)O[C@H]3c3ccccc3Cl)n2)cc1. The third kappa shape index (κ3) is 2.65. The Morgan fingerprint density at radius 1 is 1.24 bits per heavy atom. The van der Waals surface area contributed by atoms with Crippen molar-refractivity contribution in [1.29, 1.82) is 0 Å². The number of thiazole rings is 1. The fourth-order valence-corrected chi connectivity index (χ4v) is 4.11. The second kappa shape index (κ2) is 5.95. The van der Waals surface area contributed by atoms with Gasteiger partial charge in [0.1, 0.15) is 11.1 Å². The van der Waals surface area contributed by atoms with Crippen molar-refractivity contribution < 1.29 is 9.53 Å².